The van der Waals surface area contributed by atoms with Gasteiger partial charge in [-0.1, -0.05) is 17.7 Å². The molecular formula is C11H14ClN3O2. The van der Waals surface area contributed by atoms with E-state index in [2.05, 4.69) is 10.6 Å². The van der Waals surface area contributed by atoms with Crippen LogP contribution in [0.4, 0.5) is 10.5 Å². The molecule has 0 aromatic heterocycles. The molecule has 92 valence electrons. The van der Waals surface area contributed by atoms with Crippen LogP contribution in [-0.2, 0) is 4.79 Å². The average molecular weight is 256 g/mol. The number of amides is 3. The minimum absolute atomic E-state index is 0.0423. The normalized spacial score (nSPS) is 9.59. The summed E-state index contributed by atoms with van der Waals surface area (Å²) in [6.07, 6.45) is 0. The molecule has 1 aromatic rings. The van der Waals surface area contributed by atoms with Crippen molar-refractivity contribution in [3.05, 3.63) is 29.3 Å². The predicted octanol–water partition coefficient (Wildman–Crippen LogP) is 1.55. The monoisotopic (exact) mass is 255 g/mol. The third kappa shape index (κ3) is 4.74. The van der Waals surface area contributed by atoms with E-state index in [-0.39, 0.29) is 12.5 Å². The zero-order chi connectivity index (χ0) is 12.8. The molecule has 0 unspecified atom stereocenters. The van der Waals surface area contributed by atoms with E-state index >= 15 is 0 Å². The van der Waals surface area contributed by atoms with Crippen molar-refractivity contribution in [2.45, 2.75) is 0 Å². The quantitative estimate of drug-likeness (QED) is 0.861. The molecule has 0 heterocycles. The second-order valence-electron chi connectivity index (χ2n) is 3.61. The second-order valence-corrected chi connectivity index (χ2v) is 4.04. The number of carbonyl (C=O) groups is 2. The Bertz CT molecular complexity index is 421. The molecule has 0 radical (unpaired) electrons. The topological polar surface area (TPSA) is 61.4 Å². The number of benzene rings is 1. The van der Waals surface area contributed by atoms with Gasteiger partial charge in [-0.05, 0) is 18.2 Å². The Kier molecular flexibility index (Phi) is 4.78. The summed E-state index contributed by atoms with van der Waals surface area (Å²) in [5.41, 5.74) is 0.576. The van der Waals surface area contributed by atoms with Gasteiger partial charge in [-0.3, -0.25) is 4.79 Å². The summed E-state index contributed by atoms with van der Waals surface area (Å²) in [4.78, 5) is 24.0. The lowest BCUT2D eigenvalue weighted by atomic mass is 10.3. The second kappa shape index (κ2) is 6.10. The zero-order valence-electron chi connectivity index (χ0n) is 9.66. The van der Waals surface area contributed by atoms with Gasteiger partial charge in [0.15, 0.2) is 0 Å². The maximum absolute atomic E-state index is 11.4. The molecule has 2 N–H and O–H groups in total. The van der Waals surface area contributed by atoms with Crippen LogP contribution in [0, 0.1) is 0 Å². The fourth-order valence-corrected chi connectivity index (χ4v) is 1.25. The van der Waals surface area contributed by atoms with Gasteiger partial charge in [-0.15, -0.1) is 0 Å². The number of hydrogen-bond acceptors (Lipinski definition) is 2. The zero-order valence-corrected chi connectivity index (χ0v) is 10.4. The number of likely N-dealkylation sites (N-methyl/N-ethyl adjacent to an activating group) is 1. The van der Waals surface area contributed by atoms with Crippen molar-refractivity contribution in [3.8, 4) is 0 Å². The summed E-state index contributed by atoms with van der Waals surface area (Å²) >= 11 is 5.76. The van der Waals surface area contributed by atoms with Crippen molar-refractivity contribution < 1.29 is 9.59 Å². The Balaban J connectivity index is 2.43. The maximum atomic E-state index is 11.4. The van der Waals surface area contributed by atoms with E-state index in [1.165, 1.54) is 4.90 Å². The van der Waals surface area contributed by atoms with Crippen LogP contribution in [0.2, 0.25) is 5.02 Å². The van der Waals surface area contributed by atoms with Gasteiger partial charge in [-0.25, -0.2) is 4.79 Å². The molecule has 0 atom stereocenters. The molecule has 0 aliphatic heterocycles. The van der Waals surface area contributed by atoms with Crippen LogP contribution in [0.15, 0.2) is 24.3 Å². The maximum Gasteiger partial charge on any atom is 0.319 e. The molecule has 0 saturated carbocycles. The van der Waals surface area contributed by atoms with Gasteiger partial charge in [0, 0.05) is 24.8 Å². The largest absolute Gasteiger partial charge is 0.347 e. The SMILES string of the molecule is CN(C)C(=O)CNC(=O)Nc1cccc(Cl)c1. The van der Waals surface area contributed by atoms with Gasteiger partial charge in [0.25, 0.3) is 0 Å². The molecule has 6 heteroatoms. The molecule has 0 aliphatic rings. The molecule has 1 rings (SSSR count). The summed E-state index contributed by atoms with van der Waals surface area (Å²) in [6, 6.07) is 6.32. The van der Waals surface area contributed by atoms with Crippen LogP contribution >= 0.6 is 11.6 Å². The molecule has 17 heavy (non-hydrogen) atoms. The highest BCUT2D eigenvalue weighted by Gasteiger charge is 2.06. The third-order valence-corrected chi connectivity index (χ3v) is 2.22. The standard InChI is InChI=1S/C11H14ClN3O2/c1-15(2)10(16)7-13-11(17)14-9-5-3-4-8(12)6-9/h3-6H,7H2,1-2H3,(H2,13,14,17). The van der Waals surface area contributed by atoms with Crippen LogP contribution in [0.3, 0.4) is 0 Å². The van der Waals surface area contributed by atoms with Gasteiger partial charge in [0.2, 0.25) is 5.91 Å². The van der Waals surface area contributed by atoms with Crippen LogP contribution in [-0.4, -0.2) is 37.5 Å². The Morgan fingerprint density at radius 2 is 2.06 bits per heavy atom. The Morgan fingerprint density at radius 3 is 2.65 bits per heavy atom. The van der Waals surface area contributed by atoms with Gasteiger partial charge in [0.1, 0.15) is 0 Å². The average Bonchev–Trinajstić information content (AvgIpc) is 2.25. The van der Waals surface area contributed by atoms with Crippen LogP contribution < -0.4 is 10.6 Å². The van der Waals surface area contributed by atoms with E-state index in [4.69, 9.17) is 11.6 Å². The first-order chi connectivity index (χ1) is 7.99. The minimum Gasteiger partial charge on any atom is -0.347 e. The van der Waals surface area contributed by atoms with Gasteiger partial charge in [-0.2, -0.15) is 0 Å². The number of carbonyl (C=O) groups excluding carboxylic acids is 2. The first kappa shape index (κ1) is 13.3. The first-order valence-electron chi connectivity index (χ1n) is 4.99. The Labute approximate surface area is 105 Å². The summed E-state index contributed by atoms with van der Waals surface area (Å²) in [7, 11) is 3.25. The summed E-state index contributed by atoms with van der Waals surface area (Å²) < 4.78 is 0. The molecule has 0 spiro atoms. The van der Waals surface area contributed by atoms with Crippen molar-refractivity contribution in [1.82, 2.24) is 10.2 Å². The highest BCUT2D eigenvalue weighted by atomic mass is 35.5. The van der Waals surface area contributed by atoms with Crippen LogP contribution in [0.5, 0.6) is 0 Å². The number of halogens is 1. The molecule has 3 amide bonds. The fourth-order valence-electron chi connectivity index (χ4n) is 1.06. The van der Waals surface area contributed by atoms with Gasteiger partial charge in [0.05, 0.1) is 6.54 Å². The molecule has 1 aromatic carbocycles. The number of nitrogens with zero attached hydrogens (tertiary/aromatic N) is 1. The number of hydrogen-bond donors (Lipinski definition) is 2. The number of urea groups is 1. The molecule has 5 nitrogen and oxygen atoms in total. The van der Waals surface area contributed by atoms with Gasteiger partial charge < -0.3 is 15.5 Å². The highest BCUT2D eigenvalue weighted by molar-refractivity contribution is 6.30. The molecule has 0 bridgehead atoms. The predicted molar refractivity (Wildman–Crippen MR) is 67.2 cm³/mol. The van der Waals surface area contributed by atoms with Crippen molar-refractivity contribution >= 4 is 29.2 Å². The molecule has 0 saturated heterocycles. The van der Waals surface area contributed by atoms with E-state index in [0.29, 0.717) is 10.7 Å². The lowest BCUT2D eigenvalue weighted by Gasteiger charge is -2.11. The van der Waals surface area contributed by atoms with Gasteiger partial charge >= 0.3 is 6.03 Å². The fraction of sp³-hybridized carbons (Fsp3) is 0.273. The van der Waals surface area contributed by atoms with Crippen molar-refractivity contribution in [2.24, 2.45) is 0 Å². The van der Waals surface area contributed by atoms with Crippen molar-refractivity contribution in [3.63, 3.8) is 0 Å². The molecular weight excluding hydrogens is 242 g/mol. The first-order valence-corrected chi connectivity index (χ1v) is 5.37. The van der Waals surface area contributed by atoms with E-state index in [0.717, 1.165) is 0 Å². The lowest BCUT2D eigenvalue weighted by Crippen LogP contribution is -2.38. The Morgan fingerprint density at radius 1 is 1.35 bits per heavy atom. The third-order valence-electron chi connectivity index (χ3n) is 1.98. The van der Waals surface area contributed by atoms with Crippen molar-refractivity contribution in [2.75, 3.05) is 26.0 Å². The lowest BCUT2D eigenvalue weighted by molar-refractivity contribution is -0.127. The minimum atomic E-state index is -0.442. The molecule has 0 aliphatic carbocycles. The number of rotatable bonds is 3. The van der Waals surface area contributed by atoms with Crippen LogP contribution in [0.25, 0.3) is 0 Å². The summed E-state index contributed by atoms with van der Waals surface area (Å²) in [6.45, 7) is -0.0423. The number of anilines is 1. The smallest absolute Gasteiger partial charge is 0.319 e. The summed E-state index contributed by atoms with van der Waals surface area (Å²) in [5, 5.41) is 5.55. The van der Waals surface area contributed by atoms with E-state index in [1.54, 1.807) is 38.4 Å². The van der Waals surface area contributed by atoms with E-state index in [1.807, 2.05) is 0 Å². The van der Waals surface area contributed by atoms with E-state index < -0.39 is 6.03 Å². The highest BCUT2D eigenvalue weighted by Crippen LogP contribution is 2.14. The van der Waals surface area contributed by atoms with Crippen molar-refractivity contribution in [1.29, 1.82) is 0 Å². The van der Waals surface area contributed by atoms with Crippen LogP contribution in [0.1, 0.15) is 0 Å². The summed E-state index contributed by atoms with van der Waals surface area (Å²) in [5.74, 6) is -0.175. The van der Waals surface area contributed by atoms with E-state index in [9.17, 15) is 9.59 Å². The number of nitrogens with one attached hydrogen (secondary N) is 2. The Hall–Kier alpha value is -1.75. The molecule has 0 fully saturated rings.